The molecule has 2 unspecified atom stereocenters. The van der Waals surface area contributed by atoms with E-state index in [-0.39, 0.29) is 24.5 Å². The highest BCUT2D eigenvalue weighted by Crippen LogP contribution is 2.27. The fourth-order valence-electron chi connectivity index (χ4n) is 3.86. The maximum Gasteiger partial charge on any atom is 0.263 e. The number of ether oxygens (including phenoxy) is 2. The largest absolute Gasteiger partial charge is 0.491 e. The highest BCUT2D eigenvalue weighted by atomic mass is 18.2. The Bertz CT molecular complexity index is 1190. The van der Waals surface area contributed by atoms with E-state index in [9.17, 15) is 14.4 Å². The van der Waals surface area contributed by atoms with Crippen LogP contribution in [0.25, 0.3) is 0 Å². The van der Waals surface area contributed by atoms with Crippen LogP contribution in [0.5, 0.6) is 11.6 Å². The third-order valence-corrected chi connectivity index (χ3v) is 5.92. The Morgan fingerprint density at radius 1 is 1.17 bits per heavy atom. The number of carbonyl (C=O) groups is 1. The molecule has 0 aliphatic heterocycles. The molecule has 0 spiro atoms. The lowest BCUT2D eigenvalue weighted by Gasteiger charge is -2.30. The van der Waals surface area contributed by atoms with Gasteiger partial charge in [-0.25, -0.2) is 9.37 Å². The van der Waals surface area contributed by atoms with Gasteiger partial charge in [-0.3, -0.25) is 4.79 Å². The number of nitrogens with one attached hydrogen (secondary N) is 1. The average molecular weight is 489 g/mol. The number of rotatable bonds is 11. The van der Waals surface area contributed by atoms with Crippen LogP contribution in [0.4, 0.5) is 4.39 Å². The van der Waals surface area contributed by atoms with Gasteiger partial charge in [-0.1, -0.05) is 30.3 Å². The van der Waals surface area contributed by atoms with Crippen molar-refractivity contribution in [1.29, 1.82) is 5.26 Å². The van der Waals surface area contributed by atoms with Gasteiger partial charge in [0.25, 0.3) is 5.91 Å². The third-order valence-electron chi connectivity index (χ3n) is 5.92. The van der Waals surface area contributed by atoms with Crippen molar-refractivity contribution in [3.8, 4) is 17.7 Å². The van der Waals surface area contributed by atoms with Gasteiger partial charge in [0.15, 0.2) is 5.60 Å². The molecule has 7 heteroatoms. The molecule has 2 aromatic carbocycles. The first-order valence-corrected chi connectivity index (χ1v) is 11.9. The number of hydrogen-bond acceptors (Lipinski definition) is 5. The molecule has 0 fully saturated rings. The summed E-state index contributed by atoms with van der Waals surface area (Å²) in [6.07, 6.45) is 2.30. The zero-order valence-electron chi connectivity index (χ0n) is 21.1. The number of benzene rings is 2. The summed E-state index contributed by atoms with van der Waals surface area (Å²) in [7, 11) is 0. The summed E-state index contributed by atoms with van der Waals surface area (Å²) in [5.41, 5.74) is 2.38. The first-order valence-electron chi connectivity index (χ1n) is 11.9. The van der Waals surface area contributed by atoms with Crippen molar-refractivity contribution in [2.24, 2.45) is 0 Å². The predicted molar refractivity (Wildman–Crippen MR) is 137 cm³/mol. The van der Waals surface area contributed by atoms with E-state index in [2.05, 4.69) is 16.4 Å². The minimum absolute atomic E-state index is 0.0158. The van der Waals surface area contributed by atoms with Gasteiger partial charge < -0.3 is 14.8 Å². The number of alkyl halides is 1. The molecular weight excluding hydrogens is 456 g/mol. The maximum atomic E-state index is 13.2. The summed E-state index contributed by atoms with van der Waals surface area (Å²) >= 11 is 0. The number of amides is 1. The van der Waals surface area contributed by atoms with Crippen molar-refractivity contribution in [2.75, 3.05) is 13.3 Å². The zero-order chi connectivity index (χ0) is 26.1. The molecule has 6 nitrogen and oxygen atoms in total. The molecule has 2 atom stereocenters. The van der Waals surface area contributed by atoms with Crippen molar-refractivity contribution in [3.63, 3.8) is 0 Å². The van der Waals surface area contributed by atoms with Crippen LogP contribution in [0.1, 0.15) is 48.9 Å². The summed E-state index contributed by atoms with van der Waals surface area (Å²) in [6, 6.07) is 20.4. The molecule has 1 heterocycles. The standard InChI is InChI=1S/C29H32FN3O3/c1-20-8-13-27(32-19-20)36-29(3,4)28(34)33-21(2)26(24-7-5-6-23(16-24)18-31)17-22-9-11-25(12-10-22)35-15-14-30/h5-13,16,19,21,26H,14-15,17H2,1-4H3,(H,33,34)/i30-1. The number of nitriles is 1. The Labute approximate surface area is 212 Å². The van der Waals surface area contributed by atoms with Crippen LogP contribution in [0.15, 0.2) is 66.9 Å². The predicted octanol–water partition coefficient (Wildman–Crippen LogP) is 5.30. The van der Waals surface area contributed by atoms with Crippen LogP contribution >= 0.6 is 0 Å². The zero-order valence-corrected chi connectivity index (χ0v) is 21.1. The number of pyridine rings is 1. The van der Waals surface area contributed by atoms with Crippen LogP contribution in [0.3, 0.4) is 0 Å². The van der Waals surface area contributed by atoms with E-state index in [4.69, 9.17) is 9.47 Å². The SMILES string of the molecule is Cc1ccc(OC(C)(C)C(=O)NC(C)C(Cc2ccc(OCC[18F])cc2)c2cccc(C#N)c2)nc1. The Morgan fingerprint density at radius 3 is 2.56 bits per heavy atom. The summed E-state index contributed by atoms with van der Waals surface area (Å²) in [4.78, 5) is 17.5. The number of halogens is 1. The van der Waals surface area contributed by atoms with Crippen molar-refractivity contribution in [2.45, 2.75) is 51.7 Å². The number of nitrogens with zero attached hydrogens (tertiary/aromatic N) is 2. The average Bonchev–Trinajstić information content (AvgIpc) is 2.87. The molecule has 1 N–H and O–H groups in total. The molecule has 3 aromatic rings. The molecule has 188 valence electrons. The second-order valence-corrected chi connectivity index (χ2v) is 9.28. The van der Waals surface area contributed by atoms with Crippen molar-refractivity contribution in [3.05, 3.63) is 89.1 Å². The van der Waals surface area contributed by atoms with Crippen LogP contribution in [0, 0.1) is 18.3 Å². The quantitative estimate of drug-likeness (QED) is 0.396. The molecule has 0 aliphatic carbocycles. The van der Waals surface area contributed by atoms with Gasteiger partial charge >= 0.3 is 0 Å². The lowest BCUT2D eigenvalue weighted by atomic mass is 9.85. The molecule has 1 aromatic heterocycles. The van der Waals surface area contributed by atoms with Gasteiger partial charge in [-0.05, 0) is 75.1 Å². The van der Waals surface area contributed by atoms with Crippen LogP contribution in [0.2, 0.25) is 0 Å². The van der Waals surface area contributed by atoms with Gasteiger partial charge in [0.1, 0.15) is 19.0 Å². The fourth-order valence-corrected chi connectivity index (χ4v) is 3.86. The van der Waals surface area contributed by atoms with Crippen molar-refractivity contribution >= 4 is 5.91 Å². The molecule has 1 amide bonds. The Balaban J connectivity index is 1.79. The van der Waals surface area contributed by atoms with E-state index in [1.165, 1.54) is 0 Å². The molecule has 36 heavy (non-hydrogen) atoms. The van der Waals surface area contributed by atoms with E-state index in [1.807, 2.05) is 62.4 Å². The smallest absolute Gasteiger partial charge is 0.263 e. The van der Waals surface area contributed by atoms with Crippen molar-refractivity contribution in [1.82, 2.24) is 10.3 Å². The number of carbonyl (C=O) groups excluding carboxylic acids is 1. The molecule has 0 saturated carbocycles. The molecule has 0 radical (unpaired) electrons. The topological polar surface area (TPSA) is 84.2 Å². The van der Waals surface area contributed by atoms with E-state index < -0.39 is 12.3 Å². The van der Waals surface area contributed by atoms with E-state index >= 15 is 0 Å². The summed E-state index contributed by atoms with van der Waals surface area (Å²) in [5.74, 6) is 0.591. The number of aromatic nitrogens is 1. The molecule has 0 aliphatic rings. The number of hydrogen-bond donors (Lipinski definition) is 1. The second-order valence-electron chi connectivity index (χ2n) is 9.28. The normalized spacial score (nSPS) is 12.8. The van der Waals surface area contributed by atoms with E-state index in [1.54, 1.807) is 32.2 Å². The molecule has 0 saturated heterocycles. The van der Waals surface area contributed by atoms with Gasteiger partial charge in [0, 0.05) is 24.2 Å². The Kier molecular flexibility index (Phi) is 9.02. The van der Waals surface area contributed by atoms with Gasteiger partial charge in [0.05, 0.1) is 11.6 Å². The minimum Gasteiger partial charge on any atom is -0.491 e. The van der Waals surface area contributed by atoms with Gasteiger partial charge in [0.2, 0.25) is 5.88 Å². The highest BCUT2D eigenvalue weighted by molar-refractivity contribution is 5.85. The second kappa shape index (κ2) is 12.2. The third kappa shape index (κ3) is 7.29. The highest BCUT2D eigenvalue weighted by Gasteiger charge is 2.33. The van der Waals surface area contributed by atoms with Crippen molar-refractivity contribution < 1.29 is 18.7 Å². The van der Waals surface area contributed by atoms with Gasteiger partial charge in [-0.2, -0.15) is 5.26 Å². The maximum absolute atomic E-state index is 13.2. The summed E-state index contributed by atoms with van der Waals surface area (Å²) in [6.45, 7) is 6.76. The first kappa shape index (κ1) is 26.7. The molecule has 3 rings (SSSR count). The Morgan fingerprint density at radius 2 is 1.92 bits per heavy atom. The van der Waals surface area contributed by atoms with Gasteiger partial charge in [-0.15, -0.1) is 0 Å². The lowest BCUT2D eigenvalue weighted by molar-refractivity contribution is -0.135. The van der Waals surface area contributed by atoms with Crippen LogP contribution < -0.4 is 14.8 Å². The minimum atomic E-state index is -1.15. The Hall–Kier alpha value is -3.92. The summed E-state index contributed by atoms with van der Waals surface area (Å²) in [5, 5.41) is 12.5. The lowest BCUT2D eigenvalue weighted by Crippen LogP contribution is -2.51. The van der Waals surface area contributed by atoms with E-state index in [0.717, 1.165) is 16.7 Å². The molecule has 0 bridgehead atoms. The fraction of sp³-hybridized carbons (Fsp3) is 0.345. The summed E-state index contributed by atoms with van der Waals surface area (Å²) < 4.78 is 23.6. The first-order chi connectivity index (χ1) is 17.2. The number of aryl methyl sites for hydroxylation is 1. The van der Waals surface area contributed by atoms with Crippen LogP contribution in [-0.4, -0.2) is 35.8 Å². The molecular formula is C29H32FN3O3. The monoisotopic (exact) mass is 488 g/mol. The van der Waals surface area contributed by atoms with E-state index in [0.29, 0.717) is 23.6 Å². The van der Waals surface area contributed by atoms with Crippen LogP contribution in [-0.2, 0) is 11.2 Å².